The molecular weight excluding hydrogens is 328 g/mol. The number of rotatable bonds is 12. The van der Waals surface area contributed by atoms with Crippen molar-refractivity contribution >= 4 is 5.96 Å². The Morgan fingerprint density at radius 1 is 1.23 bits per heavy atom. The van der Waals surface area contributed by atoms with Crippen LogP contribution >= 0.6 is 0 Å². The Labute approximate surface area is 160 Å². The topological polar surface area (TPSA) is 58.1 Å². The minimum absolute atomic E-state index is 0.497. The first kappa shape index (κ1) is 21.5. The summed E-state index contributed by atoms with van der Waals surface area (Å²) in [6, 6.07) is 0.497. The van der Waals surface area contributed by atoms with Crippen LogP contribution in [0.2, 0.25) is 0 Å². The van der Waals surface area contributed by atoms with E-state index in [9.17, 15) is 0 Å². The molecule has 0 spiro atoms. The fourth-order valence-corrected chi connectivity index (χ4v) is 3.28. The van der Waals surface area contributed by atoms with Crippen molar-refractivity contribution in [3.8, 4) is 0 Å². The molecule has 0 aromatic heterocycles. The number of aliphatic imine (C=N–C) groups is 1. The lowest BCUT2D eigenvalue weighted by Crippen LogP contribution is -2.46. The van der Waals surface area contributed by atoms with Crippen molar-refractivity contribution in [1.29, 1.82) is 0 Å². The zero-order chi connectivity index (χ0) is 18.6. The molecule has 2 rings (SSSR count). The summed E-state index contributed by atoms with van der Waals surface area (Å²) in [6.07, 6.45) is 4.92. The molecule has 0 radical (unpaired) electrons. The Bertz CT molecular complexity index is 393. The number of nitrogens with zero attached hydrogens (tertiary/aromatic N) is 2. The highest BCUT2D eigenvalue weighted by atomic mass is 16.5. The fourth-order valence-electron chi connectivity index (χ4n) is 3.28. The fraction of sp³-hybridized carbons (Fsp3) is 0.950. The third kappa shape index (κ3) is 9.19. The van der Waals surface area contributed by atoms with Gasteiger partial charge in [0.05, 0.1) is 19.8 Å². The van der Waals surface area contributed by atoms with Crippen molar-refractivity contribution < 1.29 is 9.47 Å². The number of ether oxygens (including phenoxy) is 2. The van der Waals surface area contributed by atoms with Crippen LogP contribution in [0.3, 0.4) is 0 Å². The quantitative estimate of drug-likeness (QED) is 0.314. The van der Waals surface area contributed by atoms with E-state index in [1.807, 2.05) is 0 Å². The lowest BCUT2D eigenvalue weighted by Gasteiger charge is -2.34. The zero-order valence-electron chi connectivity index (χ0n) is 17.1. The summed E-state index contributed by atoms with van der Waals surface area (Å²) >= 11 is 0. The highest BCUT2D eigenvalue weighted by Crippen LogP contribution is 2.28. The summed E-state index contributed by atoms with van der Waals surface area (Å²) in [5.74, 6) is 2.45. The maximum absolute atomic E-state index is 5.70. The van der Waals surface area contributed by atoms with Gasteiger partial charge in [-0.3, -0.25) is 9.89 Å². The highest BCUT2D eigenvalue weighted by molar-refractivity contribution is 5.79. The van der Waals surface area contributed by atoms with Crippen LogP contribution in [-0.4, -0.2) is 76.1 Å². The number of morpholine rings is 1. The minimum atomic E-state index is 0.497. The molecule has 0 aromatic rings. The SMILES string of the molecule is CCNC(=NCC(CC(C)C)N1CCOCC1)NCCCOCC1CC1. The number of guanidine groups is 1. The first-order valence-corrected chi connectivity index (χ1v) is 10.6. The summed E-state index contributed by atoms with van der Waals surface area (Å²) in [6.45, 7) is 14.9. The van der Waals surface area contributed by atoms with Crippen LogP contribution in [0.1, 0.15) is 46.5 Å². The van der Waals surface area contributed by atoms with Gasteiger partial charge in [-0.2, -0.15) is 0 Å². The maximum Gasteiger partial charge on any atom is 0.191 e. The molecule has 1 unspecified atom stereocenters. The average Bonchev–Trinajstić information content (AvgIpc) is 3.46. The second kappa shape index (κ2) is 12.5. The molecule has 2 N–H and O–H groups in total. The Balaban J connectivity index is 1.73. The van der Waals surface area contributed by atoms with E-state index in [0.29, 0.717) is 12.0 Å². The van der Waals surface area contributed by atoms with Crippen LogP contribution in [0.5, 0.6) is 0 Å². The Morgan fingerprint density at radius 3 is 2.65 bits per heavy atom. The smallest absolute Gasteiger partial charge is 0.191 e. The van der Waals surface area contributed by atoms with Gasteiger partial charge in [0.2, 0.25) is 0 Å². The lowest BCUT2D eigenvalue weighted by molar-refractivity contribution is 0.0143. The largest absolute Gasteiger partial charge is 0.381 e. The first-order chi connectivity index (χ1) is 12.7. The molecule has 0 bridgehead atoms. The van der Waals surface area contributed by atoms with Crippen molar-refractivity contribution in [2.75, 3.05) is 59.2 Å². The second-order valence-corrected chi connectivity index (χ2v) is 7.95. The van der Waals surface area contributed by atoms with E-state index in [4.69, 9.17) is 14.5 Å². The van der Waals surface area contributed by atoms with Gasteiger partial charge >= 0.3 is 0 Å². The summed E-state index contributed by atoms with van der Waals surface area (Å²) < 4.78 is 11.2. The molecule has 0 aromatic carbocycles. The van der Waals surface area contributed by atoms with E-state index >= 15 is 0 Å². The summed E-state index contributed by atoms with van der Waals surface area (Å²) in [5, 5.41) is 6.82. The first-order valence-electron chi connectivity index (χ1n) is 10.6. The van der Waals surface area contributed by atoms with E-state index in [1.54, 1.807) is 0 Å². The predicted molar refractivity (Wildman–Crippen MR) is 108 cm³/mol. The zero-order valence-corrected chi connectivity index (χ0v) is 17.1. The van der Waals surface area contributed by atoms with Crippen molar-refractivity contribution in [1.82, 2.24) is 15.5 Å². The van der Waals surface area contributed by atoms with E-state index < -0.39 is 0 Å². The van der Waals surface area contributed by atoms with Crippen LogP contribution in [-0.2, 0) is 9.47 Å². The lowest BCUT2D eigenvalue weighted by atomic mass is 10.0. The Hall–Kier alpha value is -0.850. The number of nitrogens with one attached hydrogen (secondary N) is 2. The van der Waals surface area contributed by atoms with Gasteiger partial charge in [0.15, 0.2) is 5.96 Å². The number of hydrogen-bond donors (Lipinski definition) is 2. The van der Waals surface area contributed by atoms with Gasteiger partial charge in [-0.25, -0.2) is 0 Å². The van der Waals surface area contributed by atoms with Gasteiger partial charge < -0.3 is 20.1 Å². The molecule has 26 heavy (non-hydrogen) atoms. The second-order valence-electron chi connectivity index (χ2n) is 7.95. The molecule has 6 nitrogen and oxygen atoms in total. The van der Waals surface area contributed by atoms with Gasteiger partial charge in [-0.15, -0.1) is 0 Å². The van der Waals surface area contributed by atoms with Crippen molar-refractivity contribution in [2.24, 2.45) is 16.8 Å². The summed E-state index contributed by atoms with van der Waals surface area (Å²) in [4.78, 5) is 7.41. The minimum Gasteiger partial charge on any atom is -0.381 e. The molecule has 6 heteroatoms. The van der Waals surface area contributed by atoms with Crippen LogP contribution in [0.25, 0.3) is 0 Å². The monoisotopic (exact) mass is 368 g/mol. The van der Waals surface area contributed by atoms with Crippen molar-refractivity contribution in [2.45, 2.75) is 52.5 Å². The summed E-state index contributed by atoms with van der Waals surface area (Å²) in [7, 11) is 0. The van der Waals surface area contributed by atoms with Gasteiger partial charge in [0, 0.05) is 45.4 Å². The average molecular weight is 369 g/mol. The van der Waals surface area contributed by atoms with Crippen molar-refractivity contribution in [3.05, 3.63) is 0 Å². The third-order valence-corrected chi connectivity index (χ3v) is 4.92. The molecule has 2 aliphatic rings. The molecule has 1 aliphatic heterocycles. The summed E-state index contributed by atoms with van der Waals surface area (Å²) in [5.41, 5.74) is 0. The van der Waals surface area contributed by atoms with Crippen LogP contribution in [0, 0.1) is 11.8 Å². The molecule has 2 fully saturated rings. The van der Waals surface area contributed by atoms with Gasteiger partial charge in [0.25, 0.3) is 0 Å². The van der Waals surface area contributed by atoms with E-state index in [0.717, 1.165) is 77.4 Å². The standard InChI is InChI=1S/C20H40N4O2/c1-4-21-20(22-8-5-11-26-16-18-6-7-18)23-15-19(14-17(2)3)24-9-12-25-13-10-24/h17-19H,4-16H2,1-3H3,(H2,21,22,23). The number of hydrogen-bond acceptors (Lipinski definition) is 4. The van der Waals surface area contributed by atoms with E-state index in [1.165, 1.54) is 19.3 Å². The molecule has 1 heterocycles. The highest BCUT2D eigenvalue weighted by Gasteiger charge is 2.22. The van der Waals surface area contributed by atoms with Gasteiger partial charge in [-0.05, 0) is 44.4 Å². The molecule has 1 saturated carbocycles. The molecule has 1 aliphatic carbocycles. The van der Waals surface area contributed by atoms with Crippen LogP contribution in [0.15, 0.2) is 4.99 Å². The van der Waals surface area contributed by atoms with E-state index in [2.05, 4.69) is 36.3 Å². The maximum atomic E-state index is 5.70. The van der Waals surface area contributed by atoms with Crippen LogP contribution < -0.4 is 10.6 Å². The predicted octanol–water partition coefficient (Wildman–Crippen LogP) is 2.11. The van der Waals surface area contributed by atoms with E-state index in [-0.39, 0.29) is 0 Å². The van der Waals surface area contributed by atoms with Gasteiger partial charge in [0.1, 0.15) is 0 Å². The Kier molecular flexibility index (Phi) is 10.3. The Morgan fingerprint density at radius 2 is 2.00 bits per heavy atom. The van der Waals surface area contributed by atoms with Gasteiger partial charge in [-0.1, -0.05) is 13.8 Å². The molecule has 1 atom stereocenters. The third-order valence-electron chi connectivity index (χ3n) is 4.92. The normalized spacial score (nSPS) is 20.4. The molecule has 0 amide bonds. The molecule has 1 saturated heterocycles. The molecular formula is C20H40N4O2. The van der Waals surface area contributed by atoms with Crippen molar-refractivity contribution in [3.63, 3.8) is 0 Å². The van der Waals surface area contributed by atoms with Crippen LogP contribution in [0.4, 0.5) is 0 Å². The molecule has 152 valence electrons.